The summed E-state index contributed by atoms with van der Waals surface area (Å²) in [7, 11) is 4.12. The molecular formula is C26H46N2O2. The molecule has 0 aromatic carbocycles. The summed E-state index contributed by atoms with van der Waals surface area (Å²) in [5.41, 5.74) is 1.04. The Bertz CT molecular complexity index is 608. The number of nitrogens with zero attached hydrogens (tertiary/aromatic N) is 2. The summed E-state index contributed by atoms with van der Waals surface area (Å²) < 4.78 is 0. The van der Waals surface area contributed by atoms with Gasteiger partial charge in [-0.1, -0.05) is 19.0 Å². The third kappa shape index (κ3) is 4.20. The minimum atomic E-state index is -0.0298. The van der Waals surface area contributed by atoms with Gasteiger partial charge in [-0.15, -0.1) is 0 Å². The van der Waals surface area contributed by atoms with E-state index in [-0.39, 0.29) is 6.10 Å². The largest absolute Gasteiger partial charge is 0.395 e. The highest BCUT2D eigenvalue weighted by atomic mass is 16.6. The molecule has 1 N–H and O–H groups in total. The quantitative estimate of drug-likeness (QED) is 0.344. The average Bonchev–Trinajstić information content (AvgIpc) is 3.04. The fraction of sp³-hybridized carbons (Fsp3) is 0.962. The van der Waals surface area contributed by atoms with Gasteiger partial charge in [0.25, 0.3) is 0 Å². The molecule has 4 fully saturated rings. The lowest BCUT2D eigenvalue weighted by Crippen LogP contribution is -2.53. The molecule has 30 heavy (non-hydrogen) atoms. The van der Waals surface area contributed by atoms with Crippen molar-refractivity contribution in [2.45, 2.75) is 90.6 Å². The molecule has 0 aromatic rings. The van der Waals surface area contributed by atoms with Crippen LogP contribution in [0.1, 0.15) is 84.5 Å². The predicted octanol–water partition coefficient (Wildman–Crippen LogP) is 5.35. The zero-order valence-corrected chi connectivity index (χ0v) is 20.0. The smallest absolute Gasteiger partial charge is 0.129 e. The summed E-state index contributed by atoms with van der Waals surface area (Å²) in [4.78, 5) is 7.51. The van der Waals surface area contributed by atoms with Crippen molar-refractivity contribution < 1.29 is 9.94 Å². The summed E-state index contributed by atoms with van der Waals surface area (Å²) in [6.07, 6.45) is 16.2. The van der Waals surface area contributed by atoms with E-state index in [1.165, 1.54) is 51.4 Å². The summed E-state index contributed by atoms with van der Waals surface area (Å²) in [5.74, 6) is 4.41. The summed E-state index contributed by atoms with van der Waals surface area (Å²) in [5, 5.41) is 14.4. The topological polar surface area (TPSA) is 45.1 Å². The zero-order valence-electron chi connectivity index (χ0n) is 20.0. The molecule has 0 spiro atoms. The van der Waals surface area contributed by atoms with E-state index in [1.807, 2.05) is 6.21 Å². The Balaban J connectivity index is 1.33. The summed E-state index contributed by atoms with van der Waals surface area (Å²) in [6, 6.07) is 0. The van der Waals surface area contributed by atoms with Gasteiger partial charge >= 0.3 is 0 Å². The minimum Gasteiger partial charge on any atom is -0.395 e. The van der Waals surface area contributed by atoms with Crippen LogP contribution in [-0.2, 0) is 4.84 Å². The Labute approximate surface area is 184 Å². The Morgan fingerprint density at radius 1 is 1.00 bits per heavy atom. The zero-order chi connectivity index (χ0) is 21.4. The number of oxime groups is 1. The van der Waals surface area contributed by atoms with E-state index in [2.05, 4.69) is 38.0 Å². The van der Waals surface area contributed by atoms with Crippen molar-refractivity contribution in [3.63, 3.8) is 0 Å². The second-order valence-corrected chi connectivity index (χ2v) is 11.9. The molecule has 0 heterocycles. The van der Waals surface area contributed by atoms with Crippen molar-refractivity contribution in [2.75, 3.05) is 27.2 Å². The Morgan fingerprint density at radius 3 is 2.57 bits per heavy atom. The molecule has 4 rings (SSSR count). The van der Waals surface area contributed by atoms with E-state index < -0.39 is 0 Å². The van der Waals surface area contributed by atoms with Crippen LogP contribution in [0, 0.1) is 40.4 Å². The third-order valence-corrected chi connectivity index (χ3v) is 10.3. The van der Waals surface area contributed by atoms with E-state index in [9.17, 15) is 5.11 Å². The molecule has 4 aliphatic rings. The first-order chi connectivity index (χ1) is 14.3. The van der Waals surface area contributed by atoms with Crippen LogP contribution in [0.25, 0.3) is 0 Å². The van der Waals surface area contributed by atoms with Gasteiger partial charge in [-0.05, 0) is 125 Å². The molecule has 172 valence electrons. The van der Waals surface area contributed by atoms with Crippen molar-refractivity contribution in [2.24, 2.45) is 45.6 Å². The summed E-state index contributed by atoms with van der Waals surface area (Å²) >= 11 is 0. The van der Waals surface area contributed by atoms with Crippen LogP contribution in [0.2, 0.25) is 0 Å². The van der Waals surface area contributed by atoms with Gasteiger partial charge < -0.3 is 14.8 Å². The fourth-order valence-electron chi connectivity index (χ4n) is 8.48. The molecule has 0 radical (unpaired) electrons. The maximum atomic E-state index is 10.2. The molecule has 3 unspecified atom stereocenters. The number of aliphatic hydroxyl groups excluding tert-OH is 1. The first kappa shape index (κ1) is 22.6. The minimum absolute atomic E-state index is 0.0298. The number of likely N-dealkylation sites (N-methyl/N-ethyl adjacent to an activating group) is 1. The monoisotopic (exact) mass is 418 g/mol. The number of hydrogen-bond donors (Lipinski definition) is 1. The number of fused-ring (bicyclic) bond motifs is 5. The molecule has 0 bridgehead atoms. The van der Waals surface area contributed by atoms with E-state index >= 15 is 0 Å². The molecule has 4 saturated carbocycles. The van der Waals surface area contributed by atoms with Crippen molar-refractivity contribution in [1.29, 1.82) is 0 Å². The van der Waals surface area contributed by atoms with Crippen molar-refractivity contribution in [1.82, 2.24) is 4.90 Å². The van der Waals surface area contributed by atoms with E-state index in [0.29, 0.717) is 17.4 Å². The van der Waals surface area contributed by atoms with Crippen molar-refractivity contribution in [3.8, 4) is 0 Å². The lowest BCUT2D eigenvalue weighted by atomic mass is 9.44. The van der Waals surface area contributed by atoms with Crippen LogP contribution < -0.4 is 0 Å². The van der Waals surface area contributed by atoms with Gasteiger partial charge in [0.05, 0.1) is 6.10 Å². The predicted molar refractivity (Wildman–Crippen MR) is 123 cm³/mol. The van der Waals surface area contributed by atoms with Crippen LogP contribution in [0.15, 0.2) is 5.16 Å². The van der Waals surface area contributed by atoms with Crippen molar-refractivity contribution >= 4 is 6.21 Å². The van der Waals surface area contributed by atoms with Gasteiger partial charge in [-0.3, -0.25) is 0 Å². The van der Waals surface area contributed by atoms with Crippen LogP contribution in [0.5, 0.6) is 0 Å². The van der Waals surface area contributed by atoms with Gasteiger partial charge in [0.1, 0.15) is 6.61 Å². The first-order valence-electron chi connectivity index (χ1n) is 12.8. The summed E-state index contributed by atoms with van der Waals surface area (Å²) in [6.45, 7) is 6.82. The SMILES string of the molecule is CN(C)CCON=CCCC1CC[C@H]2[C@@H]3CCC4CC(O)CC[C@]4(C)[C@@H]3CC[C@]12C. The van der Waals surface area contributed by atoms with Gasteiger partial charge in [0.15, 0.2) is 0 Å². The lowest BCUT2D eigenvalue weighted by Gasteiger charge is -2.61. The van der Waals surface area contributed by atoms with E-state index in [1.54, 1.807) is 0 Å². The fourth-order valence-corrected chi connectivity index (χ4v) is 8.48. The lowest BCUT2D eigenvalue weighted by molar-refractivity contribution is -0.126. The number of rotatable bonds is 7. The van der Waals surface area contributed by atoms with Crippen molar-refractivity contribution in [3.05, 3.63) is 0 Å². The van der Waals surface area contributed by atoms with E-state index in [4.69, 9.17) is 4.84 Å². The third-order valence-electron chi connectivity index (χ3n) is 10.3. The molecule has 0 saturated heterocycles. The van der Waals surface area contributed by atoms with Gasteiger partial charge in [0, 0.05) is 12.8 Å². The van der Waals surface area contributed by atoms with Crippen LogP contribution >= 0.6 is 0 Å². The maximum Gasteiger partial charge on any atom is 0.129 e. The second-order valence-electron chi connectivity index (χ2n) is 11.9. The number of aliphatic hydroxyl groups is 1. The highest BCUT2D eigenvalue weighted by Gasteiger charge is 2.59. The molecule has 8 atom stereocenters. The Morgan fingerprint density at radius 2 is 1.77 bits per heavy atom. The normalized spacial score (nSPS) is 45.9. The molecular weight excluding hydrogens is 372 g/mol. The highest BCUT2D eigenvalue weighted by Crippen LogP contribution is 2.67. The van der Waals surface area contributed by atoms with Crippen LogP contribution in [0.4, 0.5) is 0 Å². The molecule has 0 aliphatic heterocycles. The first-order valence-corrected chi connectivity index (χ1v) is 12.8. The molecule has 4 heteroatoms. The average molecular weight is 419 g/mol. The highest BCUT2D eigenvalue weighted by molar-refractivity contribution is 5.56. The van der Waals surface area contributed by atoms with Crippen LogP contribution in [-0.4, -0.2) is 49.6 Å². The number of hydrogen-bond acceptors (Lipinski definition) is 4. The molecule has 0 aromatic heterocycles. The molecule has 4 nitrogen and oxygen atoms in total. The maximum absolute atomic E-state index is 10.2. The van der Waals surface area contributed by atoms with Gasteiger partial charge in [-0.2, -0.15) is 0 Å². The van der Waals surface area contributed by atoms with Crippen LogP contribution in [0.3, 0.4) is 0 Å². The standard InChI is InChI=1S/C26H46N2O2/c1-25-14-12-24-22(9-7-20-18-21(29)11-13-26(20,24)2)23(25)10-8-19(25)6-5-15-27-30-17-16-28(3)4/h15,19-24,29H,5-14,16-18H2,1-4H3/t19?,20?,21?,22-,23-,24+,25+,26-/m0/s1. The second kappa shape index (κ2) is 9.10. The molecule has 4 aliphatic carbocycles. The molecule has 0 amide bonds. The Hall–Kier alpha value is -0.610. The van der Waals surface area contributed by atoms with Gasteiger partial charge in [0.2, 0.25) is 0 Å². The van der Waals surface area contributed by atoms with Gasteiger partial charge in [-0.25, -0.2) is 0 Å². The Kier molecular flexibility index (Phi) is 6.85. The van der Waals surface area contributed by atoms with E-state index in [0.717, 1.165) is 55.4 Å².